The molecule has 136 valence electrons. The van der Waals surface area contributed by atoms with Gasteiger partial charge in [0.05, 0.1) is 0 Å². The van der Waals surface area contributed by atoms with Crippen LogP contribution < -0.4 is 5.32 Å². The molecule has 1 atom stereocenters. The highest BCUT2D eigenvalue weighted by Gasteiger charge is 2.46. The van der Waals surface area contributed by atoms with Gasteiger partial charge in [-0.1, -0.05) is 48.5 Å². The van der Waals surface area contributed by atoms with Gasteiger partial charge in [-0.15, -0.1) is 0 Å². The fourth-order valence-corrected chi connectivity index (χ4v) is 3.04. The Labute approximate surface area is 146 Å². The molecule has 2 aromatic carbocycles. The van der Waals surface area contributed by atoms with Crippen LogP contribution in [-0.4, -0.2) is 36.0 Å². The number of carbonyl (C=O) groups excluding carboxylic acids is 1. The van der Waals surface area contributed by atoms with Crippen LogP contribution in [0, 0.1) is 0 Å². The van der Waals surface area contributed by atoms with Crippen molar-refractivity contribution in [3.05, 3.63) is 59.7 Å². The first-order valence-electron chi connectivity index (χ1n) is 7.70. The Hall–Kier alpha value is -3.03. The van der Waals surface area contributed by atoms with E-state index in [1.807, 2.05) is 48.5 Å². The second-order valence-corrected chi connectivity index (χ2v) is 5.78. The minimum atomic E-state index is -5.11. The lowest BCUT2D eigenvalue weighted by Crippen LogP contribution is -2.50. The van der Waals surface area contributed by atoms with Gasteiger partial charge >= 0.3 is 18.2 Å². The summed E-state index contributed by atoms with van der Waals surface area (Å²) >= 11 is 0. The molecule has 0 spiro atoms. The molecule has 3 rings (SSSR count). The molecule has 0 unspecified atom stereocenters. The summed E-state index contributed by atoms with van der Waals surface area (Å²) < 4.78 is 42.7. The molecule has 0 bridgehead atoms. The fraction of sp³-hybridized carbons (Fsp3) is 0.222. The van der Waals surface area contributed by atoms with Gasteiger partial charge in [0.15, 0.2) is 0 Å². The van der Waals surface area contributed by atoms with Gasteiger partial charge < -0.3 is 9.84 Å². The number of ether oxygens (including phenoxy) is 1. The van der Waals surface area contributed by atoms with Gasteiger partial charge in [-0.3, -0.25) is 5.32 Å². The normalized spacial score (nSPS) is 14.3. The van der Waals surface area contributed by atoms with E-state index in [-0.39, 0.29) is 12.5 Å². The second kappa shape index (κ2) is 6.70. The van der Waals surface area contributed by atoms with Gasteiger partial charge in [0.1, 0.15) is 6.61 Å². The summed E-state index contributed by atoms with van der Waals surface area (Å²) in [4.78, 5) is 22.4. The summed E-state index contributed by atoms with van der Waals surface area (Å²) in [5.74, 6) is -2.53. The van der Waals surface area contributed by atoms with Crippen molar-refractivity contribution in [2.75, 3.05) is 6.61 Å². The Morgan fingerprint density at radius 1 is 1.04 bits per heavy atom. The number of amides is 1. The number of aliphatic carboxylic acids is 1. The van der Waals surface area contributed by atoms with Crippen molar-refractivity contribution in [2.24, 2.45) is 0 Å². The molecule has 2 aromatic rings. The van der Waals surface area contributed by atoms with Crippen LogP contribution in [0.2, 0.25) is 0 Å². The van der Waals surface area contributed by atoms with E-state index in [0.717, 1.165) is 22.3 Å². The van der Waals surface area contributed by atoms with Crippen molar-refractivity contribution in [1.29, 1.82) is 0 Å². The van der Waals surface area contributed by atoms with Crippen LogP contribution >= 0.6 is 0 Å². The predicted octanol–water partition coefficient (Wildman–Crippen LogP) is 3.54. The third-order valence-corrected chi connectivity index (χ3v) is 4.18. The van der Waals surface area contributed by atoms with Crippen molar-refractivity contribution in [2.45, 2.75) is 18.1 Å². The third kappa shape index (κ3) is 3.35. The molecule has 26 heavy (non-hydrogen) atoms. The molecule has 5 nitrogen and oxygen atoms in total. The Kier molecular flexibility index (Phi) is 4.58. The minimum Gasteiger partial charge on any atom is -0.479 e. The highest BCUT2D eigenvalue weighted by molar-refractivity contribution is 5.81. The van der Waals surface area contributed by atoms with Crippen molar-refractivity contribution in [3.8, 4) is 11.1 Å². The number of carboxylic acid groups (broad SMARTS) is 1. The molecule has 2 N–H and O–H groups in total. The zero-order valence-electron chi connectivity index (χ0n) is 13.3. The number of benzene rings is 2. The second-order valence-electron chi connectivity index (χ2n) is 5.78. The van der Waals surface area contributed by atoms with E-state index in [0.29, 0.717) is 0 Å². The van der Waals surface area contributed by atoms with Crippen molar-refractivity contribution >= 4 is 12.1 Å². The molecule has 1 amide bonds. The van der Waals surface area contributed by atoms with Gasteiger partial charge in [-0.2, -0.15) is 13.2 Å². The quantitative estimate of drug-likeness (QED) is 0.869. The van der Waals surface area contributed by atoms with E-state index < -0.39 is 24.3 Å². The van der Waals surface area contributed by atoms with Crippen LogP contribution in [0.3, 0.4) is 0 Å². The summed E-state index contributed by atoms with van der Waals surface area (Å²) in [7, 11) is 0. The first kappa shape index (κ1) is 17.8. The molecule has 0 fully saturated rings. The van der Waals surface area contributed by atoms with Gasteiger partial charge in [0.2, 0.25) is 6.04 Å². The minimum absolute atomic E-state index is 0.204. The Balaban J connectivity index is 1.74. The summed E-state index contributed by atoms with van der Waals surface area (Å²) in [5, 5.41) is 9.95. The number of carbonyl (C=O) groups is 2. The Bertz CT molecular complexity index is 805. The van der Waals surface area contributed by atoms with E-state index in [1.54, 1.807) is 0 Å². The fourth-order valence-electron chi connectivity index (χ4n) is 3.04. The zero-order chi connectivity index (χ0) is 18.9. The number of fused-ring (bicyclic) bond motifs is 3. The molecule has 1 aliphatic rings. The van der Waals surface area contributed by atoms with Gasteiger partial charge in [0, 0.05) is 5.92 Å². The molecule has 0 heterocycles. The molecule has 8 heteroatoms. The average Bonchev–Trinajstić information content (AvgIpc) is 2.91. The first-order chi connectivity index (χ1) is 12.3. The van der Waals surface area contributed by atoms with Gasteiger partial charge in [0.25, 0.3) is 0 Å². The maximum atomic E-state index is 12.6. The number of hydrogen-bond acceptors (Lipinski definition) is 3. The van der Waals surface area contributed by atoms with Crippen LogP contribution in [0.1, 0.15) is 17.0 Å². The maximum Gasteiger partial charge on any atom is 0.419 e. The van der Waals surface area contributed by atoms with E-state index >= 15 is 0 Å². The number of hydrogen-bond donors (Lipinski definition) is 2. The topological polar surface area (TPSA) is 75.6 Å². The van der Waals surface area contributed by atoms with Crippen LogP contribution in [0.4, 0.5) is 18.0 Å². The van der Waals surface area contributed by atoms with Crippen LogP contribution in [0.25, 0.3) is 11.1 Å². The Morgan fingerprint density at radius 3 is 2.00 bits per heavy atom. The molecule has 0 aromatic heterocycles. The molecule has 1 aliphatic carbocycles. The van der Waals surface area contributed by atoms with Gasteiger partial charge in [-0.05, 0) is 22.3 Å². The largest absolute Gasteiger partial charge is 0.479 e. The van der Waals surface area contributed by atoms with Gasteiger partial charge in [-0.25, -0.2) is 9.59 Å². The van der Waals surface area contributed by atoms with E-state index in [2.05, 4.69) is 0 Å². The maximum absolute atomic E-state index is 12.6. The number of rotatable bonds is 4. The van der Waals surface area contributed by atoms with Crippen molar-refractivity contribution in [3.63, 3.8) is 0 Å². The summed E-state index contributed by atoms with van der Waals surface area (Å²) in [6.45, 7) is -0.204. The van der Waals surface area contributed by atoms with E-state index in [9.17, 15) is 22.8 Å². The number of halogens is 3. The molecular formula is C18H14F3NO4. The monoisotopic (exact) mass is 365 g/mol. The SMILES string of the molecule is O=C(N[C@@H](C(=O)O)C(F)(F)F)OCC1c2ccccc2-c2ccccc21. The number of alkyl halides is 3. The molecule has 0 saturated carbocycles. The lowest BCUT2D eigenvalue weighted by Gasteiger charge is -2.19. The molecule has 0 saturated heterocycles. The standard InChI is InChI=1S/C18H14F3NO4/c19-18(20,21)15(16(23)24)22-17(25)26-9-14-12-7-3-1-5-10(12)11-6-2-4-8-13(11)14/h1-8,14-15H,9H2,(H,22,25)(H,23,24)/t15-/m0/s1. The first-order valence-corrected chi connectivity index (χ1v) is 7.70. The van der Waals surface area contributed by atoms with E-state index in [4.69, 9.17) is 9.84 Å². The average molecular weight is 365 g/mol. The molecular weight excluding hydrogens is 351 g/mol. The highest BCUT2D eigenvalue weighted by Crippen LogP contribution is 2.44. The highest BCUT2D eigenvalue weighted by atomic mass is 19.4. The number of carboxylic acids is 1. The van der Waals surface area contributed by atoms with Crippen LogP contribution in [0.5, 0.6) is 0 Å². The predicted molar refractivity (Wildman–Crippen MR) is 85.7 cm³/mol. The molecule has 0 radical (unpaired) electrons. The summed E-state index contributed by atoms with van der Waals surface area (Å²) in [5.41, 5.74) is 3.73. The molecule has 0 aliphatic heterocycles. The lowest BCUT2D eigenvalue weighted by atomic mass is 9.98. The third-order valence-electron chi connectivity index (χ3n) is 4.18. The van der Waals surface area contributed by atoms with E-state index in [1.165, 1.54) is 5.32 Å². The summed E-state index contributed by atoms with van der Waals surface area (Å²) in [6, 6.07) is 11.9. The zero-order valence-corrected chi connectivity index (χ0v) is 13.3. The summed E-state index contributed by atoms with van der Waals surface area (Å²) in [6.07, 6.45) is -6.55. The van der Waals surface area contributed by atoms with Crippen molar-refractivity contribution in [1.82, 2.24) is 5.32 Å². The van der Waals surface area contributed by atoms with Crippen LogP contribution in [0.15, 0.2) is 48.5 Å². The Morgan fingerprint density at radius 2 is 1.54 bits per heavy atom. The van der Waals surface area contributed by atoms with Crippen molar-refractivity contribution < 1.29 is 32.6 Å². The van der Waals surface area contributed by atoms with Crippen LogP contribution in [-0.2, 0) is 9.53 Å². The number of nitrogens with one attached hydrogen (secondary N) is 1. The smallest absolute Gasteiger partial charge is 0.419 e. The lowest BCUT2D eigenvalue weighted by molar-refractivity contribution is -0.178. The number of alkyl carbamates (subject to hydrolysis) is 1.